The second-order valence-corrected chi connectivity index (χ2v) is 8.89. The van der Waals surface area contributed by atoms with Gasteiger partial charge in [0.05, 0.1) is 35.6 Å². The van der Waals surface area contributed by atoms with Crippen LogP contribution in [0.1, 0.15) is 6.42 Å². The Morgan fingerprint density at radius 3 is 2.69 bits per heavy atom. The van der Waals surface area contributed by atoms with Crippen LogP contribution in [-0.4, -0.2) is 82.0 Å². The number of halogens is 1. The van der Waals surface area contributed by atoms with Gasteiger partial charge in [-0.2, -0.15) is 4.98 Å². The molecular weight excluding hydrogens is 436 g/mol. The van der Waals surface area contributed by atoms with Crippen LogP contribution in [0.25, 0.3) is 22.4 Å². The largest absolute Gasteiger partial charge is 0.456 e. The highest BCUT2D eigenvalue weighted by molar-refractivity contribution is 6.33. The van der Waals surface area contributed by atoms with E-state index in [-0.39, 0.29) is 31.0 Å². The zero-order valence-electron chi connectivity index (χ0n) is 17.1. The van der Waals surface area contributed by atoms with E-state index in [2.05, 4.69) is 19.9 Å². The van der Waals surface area contributed by atoms with Gasteiger partial charge in [0.25, 0.3) is 6.01 Å². The summed E-state index contributed by atoms with van der Waals surface area (Å²) < 4.78 is 17.2. The molecule has 1 aromatic carbocycles. The summed E-state index contributed by atoms with van der Waals surface area (Å²) in [5, 5.41) is 20.2. The molecule has 3 aromatic rings. The van der Waals surface area contributed by atoms with Crippen LogP contribution >= 0.6 is 11.6 Å². The fraction of sp³-hybridized carbons (Fsp3) is 0.455. The number of imidazole rings is 1. The maximum atomic E-state index is 9.89. The predicted octanol–water partition coefficient (Wildman–Crippen LogP) is 1.76. The first-order valence-corrected chi connectivity index (χ1v) is 11.1. The van der Waals surface area contributed by atoms with Crippen molar-refractivity contribution in [3.05, 3.63) is 35.4 Å². The maximum Gasteiger partial charge on any atom is 0.296 e. The van der Waals surface area contributed by atoms with E-state index < -0.39 is 6.10 Å². The van der Waals surface area contributed by atoms with Crippen molar-refractivity contribution in [1.29, 1.82) is 0 Å². The van der Waals surface area contributed by atoms with Crippen LogP contribution in [0.5, 0.6) is 6.01 Å². The molecule has 6 rings (SSSR count). The normalized spacial score (nSPS) is 29.7. The number of fused-ring (bicyclic) bond motifs is 2. The number of hydrogen-bond donors (Lipinski definition) is 3. The number of β-amino-alcohol motifs (C(OH)–C–C–N with tert-alkyl or cyclic N) is 1. The minimum Gasteiger partial charge on any atom is -0.456 e. The van der Waals surface area contributed by atoms with Crippen LogP contribution in [0.2, 0.25) is 5.02 Å². The minimum atomic E-state index is -0.630. The molecule has 0 unspecified atom stereocenters. The van der Waals surface area contributed by atoms with Crippen LogP contribution in [0.4, 0.5) is 5.69 Å². The number of nitrogens with zero attached hydrogens (tertiary/aromatic N) is 3. The van der Waals surface area contributed by atoms with Gasteiger partial charge in [-0.05, 0) is 24.6 Å². The molecule has 9 nitrogen and oxygen atoms in total. The van der Waals surface area contributed by atoms with Gasteiger partial charge in [0.1, 0.15) is 18.3 Å². The van der Waals surface area contributed by atoms with Gasteiger partial charge in [0.2, 0.25) is 0 Å². The van der Waals surface area contributed by atoms with Gasteiger partial charge >= 0.3 is 0 Å². The molecule has 168 valence electrons. The molecule has 5 heterocycles. The lowest BCUT2D eigenvalue weighted by atomic mass is 10.1. The second kappa shape index (κ2) is 7.86. The van der Waals surface area contributed by atoms with Crippen molar-refractivity contribution in [2.45, 2.75) is 36.9 Å². The fourth-order valence-electron chi connectivity index (χ4n) is 4.65. The summed E-state index contributed by atoms with van der Waals surface area (Å²) in [4.78, 5) is 14.4. The molecule has 0 radical (unpaired) electrons. The molecule has 3 saturated heterocycles. The quantitative estimate of drug-likeness (QED) is 0.542. The zero-order valence-corrected chi connectivity index (χ0v) is 17.9. The van der Waals surface area contributed by atoms with Crippen molar-refractivity contribution in [2.24, 2.45) is 0 Å². The SMILES string of the molecule is O[C@H]1CCN(c2ccc(-c3nc4nc(O[C@@H]5CO[C@H]6[C@@H]5OC[C@H]6O)[nH]c4cc3Cl)cc2)C1. The summed E-state index contributed by atoms with van der Waals surface area (Å²) in [6, 6.07) is 10.1. The maximum absolute atomic E-state index is 9.89. The number of anilines is 1. The minimum absolute atomic E-state index is 0.243. The molecule has 0 bridgehead atoms. The van der Waals surface area contributed by atoms with Gasteiger partial charge in [-0.1, -0.05) is 23.7 Å². The van der Waals surface area contributed by atoms with E-state index in [1.165, 1.54) is 0 Å². The van der Waals surface area contributed by atoms with E-state index in [9.17, 15) is 10.2 Å². The monoisotopic (exact) mass is 458 g/mol. The summed E-state index contributed by atoms with van der Waals surface area (Å²) in [6.45, 7) is 2.06. The van der Waals surface area contributed by atoms with Crippen LogP contribution in [0.3, 0.4) is 0 Å². The smallest absolute Gasteiger partial charge is 0.296 e. The number of rotatable bonds is 4. The molecule has 32 heavy (non-hydrogen) atoms. The molecule has 3 fully saturated rings. The average molecular weight is 459 g/mol. The number of benzene rings is 1. The Bertz CT molecular complexity index is 1140. The van der Waals surface area contributed by atoms with E-state index in [1.807, 2.05) is 24.3 Å². The first-order valence-electron chi connectivity index (χ1n) is 10.7. The Morgan fingerprint density at radius 2 is 1.91 bits per heavy atom. The number of ether oxygens (including phenoxy) is 3. The lowest BCUT2D eigenvalue weighted by molar-refractivity contribution is 0.00706. The summed E-state index contributed by atoms with van der Waals surface area (Å²) in [5.41, 5.74) is 3.74. The number of aliphatic hydroxyl groups is 2. The van der Waals surface area contributed by atoms with Gasteiger partial charge in [0, 0.05) is 24.3 Å². The Kier molecular flexibility index (Phi) is 4.96. The zero-order chi connectivity index (χ0) is 21.8. The molecule has 0 aliphatic carbocycles. The standard InChI is InChI=1S/C22H23ClN4O5/c23-14-7-15-21(26-22(24-15)32-17-10-31-19-16(29)9-30-20(17)19)25-18(14)11-1-3-12(4-2-11)27-6-5-13(28)8-27/h1-4,7,13,16-17,19-20,28-29H,5-6,8-10H2,(H,24,25,26)/t13-,16+,17+,19+,20+/m0/s1. The molecule has 0 amide bonds. The Labute approximate surface area is 188 Å². The van der Waals surface area contributed by atoms with Crippen LogP contribution in [0, 0.1) is 0 Å². The van der Waals surface area contributed by atoms with Crippen LogP contribution < -0.4 is 9.64 Å². The van der Waals surface area contributed by atoms with Crippen molar-refractivity contribution in [3.8, 4) is 17.3 Å². The van der Waals surface area contributed by atoms with E-state index in [0.717, 1.165) is 24.2 Å². The molecule has 0 saturated carbocycles. The highest BCUT2D eigenvalue weighted by atomic mass is 35.5. The Hall–Kier alpha value is -2.43. The summed E-state index contributed by atoms with van der Waals surface area (Å²) in [7, 11) is 0. The van der Waals surface area contributed by atoms with E-state index >= 15 is 0 Å². The van der Waals surface area contributed by atoms with Crippen molar-refractivity contribution in [2.75, 3.05) is 31.2 Å². The summed E-state index contributed by atoms with van der Waals surface area (Å²) in [5.74, 6) is 0. The number of aromatic amines is 1. The number of pyridine rings is 1. The molecule has 3 N–H and O–H groups in total. The summed E-state index contributed by atoms with van der Waals surface area (Å²) >= 11 is 6.53. The molecule has 10 heteroatoms. The predicted molar refractivity (Wildman–Crippen MR) is 117 cm³/mol. The Morgan fingerprint density at radius 1 is 1.09 bits per heavy atom. The van der Waals surface area contributed by atoms with Gasteiger partial charge in [0.15, 0.2) is 11.8 Å². The highest BCUT2D eigenvalue weighted by Crippen LogP contribution is 2.33. The molecule has 3 aliphatic heterocycles. The van der Waals surface area contributed by atoms with E-state index in [4.69, 9.17) is 25.8 Å². The molecule has 5 atom stereocenters. The van der Waals surface area contributed by atoms with Crippen LogP contribution in [-0.2, 0) is 9.47 Å². The molecular formula is C22H23ClN4O5. The van der Waals surface area contributed by atoms with Crippen molar-refractivity contribution < 1.29 is 24.4 Å². The van der Waals surface area contributed by atoms with E-state index in [0.29, 0.717) is 41.0 Å². The Balaban J connectivity index is 1.23. The van der Waals surface area contributed by atoms with Crippen molar-refractivity contribution in [3.63, 3.8) is 0 Å². The second-order valence-electron chi connectivity index (χ2n) is 8.49. The topological polar surface area (TPSA) is 113 Å². The lowest BCUT2D eigenvalue weighted by Gasteiger charge is -2.18. The third kappa shape index (κ3) is 3.50. The molecule has 3 aliphatic rings. The third-order valence-corrected chi connectivity index (χ3v) is 6.61. The average Bonchev–Trinajstić information content (AvgIpc) is 3.55. The third-order valence-electron chi connectivity index (χ3n) is 6.32. The lowest BCUT2D eigenvalue weighted by Crippen LogP contribution is -2.34. The van der Waals surface area contributed by atoms with Gasteiger partial charge < -0.3 is 34.3 Å². The van der Waals surface area contributed by atoms with E-state index in [1.54, 1.807) is 6.07 Å². The number of aromatic nitrogens is 3. The van der Waals surface area contributed by atoms with Gasteiger partial charge in [-0.25, -0.2) is 4.98 Å². The van der Waals surface area contributed by atoms with Gasteiger partial charge in [-0.3, -0.25) is 0 Å². The number of H-pyrrole nitrogens is 1. The highest BCUT2D eigenvalue weighted by Gasteiger charge is 2.48. The number of nitrogens with one attached hydrogen (secondary N) is 1. The number of aliphatic hydroxyl groups excluding tert-OH is 2. The van der Waals surface area contributed by atoms with Crippen molar-refractivity contribution in [1.82, 2.24) is 15.0 Å². The number of hydrogen-bond acceptors (Lipinski definition) is 8. The fourth-order valence-corrected chi connectivity index (χ4v) is 4.91. The molecule has 0 spiro atoms. The van der Waals surface area contributed by atoms with Gasteiger partial charge in [-0.15, -0.1) is 0 Å². The first-order chi connectivity index (χ1) is 15.5. The van der Waals surface area contributed by atoms with Crippen LogP contribution in [0.15, 0.2) is 30.3 Å². The first kappa shape index (κ1) is 20.2. The van der Waals surface area contributed by atoms with Crippen molar-refractivity contribution >= 4 is 28.5 Å². The summed E-state index contributed by atoms with van der Waals surface area (Å²) in [6.07, 6.45) is -1.15. The molecule has 2 aromatic heterocycles.